The summed E-state index contributed by atoms with van der Waals surface area (Å²) >= 11 is 0. The van der Waals surface area contributed by atoms with E-state index in [2.05, 4.69) is 40.7 Å². The molecule has 3 aliphatic carbocycles. The molecular weight excluding hydrogens is 579 g/mol. The van der Waals surface area contributed by atoms with Gasteiger partial charge in [-0.2, -0.15) is 4.57 Å². The van der Waals surface area contributed by atoms with Crippen molar-refractivity contribution in [2.45, 2.75) is 92.4 Å². The van der Waals surface area contributed by atoms with Crippen LogP contribution in [0.1, 0.15) is 92.4 Å². The van der Waals surface area contributed by atoms with Crippen LogP contribution in [0.2, 0.25) is 0 Å². The Morgan fingerprint density at radius 3 is 2.13 bits per heavy atom. The van der Waals surface area contributed by atoms with Crippen molar-refractivity contribution < 1.29 is 22.9 Å². The average molecular weight is 633 g/mol. The van der Waals surface area contributed by atoms with Crippen molar-refractivity contribution in [2.75, 3.05) is 0 Å². The van der Waals surface area contributed by atoms with Crippen molar-refractivity contribution in [3.8, 4) is 11.5 Å². The van der Waals surface area contributed by atoms with Gasteiger partial charge in [-0.3, -0.25) is 0 Å². The minimum atomic E-state index is -4.13. The number of hydrogen-bond donors (Lipinski definition) is 0. The minimum absolute atomic E-state index is 0.0547. The van der Waals surface area contributed by atoms with Crippen LogP contribution in [-0.4, -0.2) is 0 Å². The van der Waals surface area contributed by atoms with Crippen molar-refractivity contribution in [3.05, 3.63) is 85.0 Å². The lowest BCUT2D eigenvalue weighted by Gasteiger charge is -2.58. The molecule has 5 nitrogen and oxygen atoms in total. The van der Waals surface area contributed by atoms with E-state index in [0.29, 0.717) is 22.8 Å². The molecule has 6 heteroatoms. The molecule has 3 saturated carbocycles. The molecule has 2 aromatic carbocycles. The van der Waals surface area contributed by atoms with E-state index in [0.717, 1.165) is 36.0 Å². The van der Waals surface area contributed by atoms with Crippen LogP contribution >= 0.6 is 7.82 Å². The van der Waals surface area contributed by atoms with Crippen molar-refractivity contribution >= 4 is 7.82 Å². The van der Waals surface area contributed by atoms with Crippen LogP contribution in [-0.2, 0) is 13.8 Å². The lowest BCUT2D eigenvalue weighted by molar-refractivity contribution is -0.0730. The van der Waals surface area contributed by atoms with E-state index in [1.54, 1.807) is 30.5 Å². The van der Waals surface area contributed by atoms with E-state index < -0.39 is 7.82 Å². The van der Waals surface area contributed by atoms with Crippen molar-refractivity contribution in [1.29, 1.82) is 0 Å². The van der Waals surface area contributed by atoms with Gasteiger partial charge in [-0.05, 0) is 121 Å². The zero-order valence-corrected chi connectivity index (χ0v) is 28.8. The minimum Gasteiger partial charge on any atom is -0.434 e. The highest BCUT2D eigenvalue weighted by Gasteiger charge is 2.59. The summed E-state index contributed by atoms with van der Waals surface area (Å²) in [4.78, 5) is 0. The van der Waals surface area contributed by atoms with Gasteiger partial charge in [0.05, 0.1) is 6.26 Å². The number of rotatable bonds is 11. The molecule has 45 heavy (non-hydrogen) atoms. The maximum atomic E-state index is 14.1. The Kier molecular flexibility index (Phi) is 9.49. The third kappa shape index (κ3) is 6.76. The summed E-state index contributed by atoms with van der Waals surface area (Å²) in [5, 5.41) is 0. The maximum absolute atomic E-state index is 14.1. The zero-order valence-electron chi connectivity index (χ0n) is 27.9. The van der Waals surface area contributed by atoms with Crippen LogP contribution in [0.3, 0.4) is 0 Å². The molecule has 3 fully saturated rings. The summed E-state index contributed by atoms with van der Waals surface area (Å²) in [7, 11) is -4.13. The number of benzene rings is 2. The summed E-state index contributed by atoms with van der Waals surface area (Å²) in [6, 6.07) is 18.0. The quantitative estimate of drug-likeness (QED) is 0.231. The second-order valence-corrected chi connectivity index (χ2v) is 16.7. The predicted octanol–water partition coefficient (Wildman–Crippen LogP) is 11.6. The summed E-state index contributed by atoms with van der Waals surface area (Å²) in [6.45, 7) is 12.3. The van der Waals surface area contributed by atoms with Gasteiger partial charge in [0.25, 0.3) is 5.95 Å². The molecule has 0 amide bonds. The van der Waals surface area contributed by atoms with Crippen LogP contribution < -0.4 is 9.05 Å². The Balaban J connectivity index is 1.19. The topological polar surface area (TPSA) is 54.0 Å². The van der Waals surface area contributed by atoms with E-state index in [9.17, 15) is 4.57 Å². The highest BCUT2D eigenvalue weighted by atomic mass is 31.2. The molecule has 244 valence electrons. The molecule has 0 unspecified atom stereocenters. The molecule has 8 atom stereocenters. The van der Waals surface area contributed by atoms with Gasteiger partial charge >= 0.3 is 7.82 Å². The Morgan fingerprint density at radius 1 is 0.822 bits per heavy atom. The van der Waals surface area contributed by atoms with Gasteiger partial charge in [0.1, 0.15) is 11.5 Å². The van der Waals surface area contributed by atoms with Crippen LogP contribution in [0.15, 0.2) is 85.0 Å². The van der Waals surface area contributed by atoms with Crippen molar-refractivity contribution in [3.63, 3.8) is 0 Å². The second-order valence-electron chi connectivity index (χ2n) is 15.2. The fourth-order valence-corrected chi connectivity index (χ4v) is 11.0. The lowest BCUT2D eigenvalue weighted by atomic mass is 9.46. The zero-order chi connectivity index (χ0) is 31.7. The molecule has 0 bridgehead atoms. The van der Waals surface area contributed by atoms with E-state index in [1.807, 2.05) is 42.5 Å². The lowest BCUT2D eigenvalue weighted by Crippen LogP contribution is -2.51. The molecule has 6 rings (SSSR count). The van der Waals surface area contributed by atoms with Crippen LogP contribution in [0, 0.1) is 52.3 Å². The number of ether oxygens (including phenoxy) is 1. The summed E-state index contributed by atoms with van der Waals surface area (Å²) < 4.78 is 38.0. The Hall–Kier alpha value is -2.65. The molecule has 0 radical (unpaired) electrons. The van der Waals surface area contributed by atoms with E-state index in [4.69, 9.17) is 18.3 Å². The maximum Gasteiger partial charge on any atom is 0.649 e. The highest BCUT2D eigenvalue weighted by Crippen LogP contribution is 2.67. The normalized spacial score (nSPS) is 33.1. The van der Waals surface area contributed by atoms with Gasteiger partial charge in [0.2, 0.25) is 0 Å². The molecule has 4 aliphatic rings. The van der Waals surface area contributed by atoms with E-state index >= 15 is 0 Å². The first-order chi connectivity index (χ1) is 21.6. The number of para-hydroxylation sites is 2. The van der Waals surface area contributed by atoms with Crippen molar-refractivity contribution in [1.82, 2.24) is 0 Å². The third-order valence-corrected chi connectivity index (χ3v) is 13.4. The SMILES string of the molecule is CC(C)CCC[C@@H](C)[C@H]1CC[C@H]2[C@@H]3CC[C@H]4C=C(OP(=O)(Oc5ccccc5)Oc5ccccc5)OC=C[C@]4(C)[C@H]3CC[C@]12C. The summed E-state index contributed by atoms with van der Waals surface area (Å²) in [6.07, 6.45) is 17.8. The van der Waals surface area contributed by atoms with E-state index in [1.165, 1.54) is 51.4 Å². The monoisotopic (exact) mass is 632 g/mol. The molecule has 2 aromatic rings. The molecule has 0 N–H and O–H groups in total. The molecule has 0 aromatic heterocycles. The smallest absolute Gasteiger partial charge is 0.434 e. The Labute approximate surface area is 271 Å². The summed E-state index contributed by atoms with van der Waals surface area (Å²) in [5.74, 6) is 5.77. The standard InChI is InChI=1S/C39H53O5P/c1-28(2)13-12-14-29(3)34-21-22-35-33-20-19-30-27-37(41-26-25-38(30,4)36(33)23-24-39(34,35)5)44-45(40,42-31-15-8-6-9-16-31)43-32-17-10-7-11-18-32/h6-11,15-18,25-30,33-36H,12-14,19-24H2,1-5H3/t29-,30+,33+,34-,35+,36+,38+,39-/m1/s1. The van der Waals surface area contributed by atoms with Crippen LogP contribution in [0.5, 0.6) is 11.5 Å². The van der Waals surface area contributed by atoms with Crippen LogP contribution in [0.4, 0.5) is 0 Å². The van der Waals surface area contributed by atoms with Gasteiger partial charge < -0.3 is 18.3 Å². The number of hydrogen-bond acceptors (Lipinski definition) is 5. The average Bonchev–Trinajstić information content (AvgIpc) is 3.27. The first kappa shape index (κ1) is 32.3. The summed E-state index contributed by atoms with van der Waals surface area (Å²) in [5.41, 5.74) is 0.397. The number of phosphoric acid groups is 1. The Bertz CT molecular complexity index is 1340. The molecule has 1 heterocycles. The molecular formula is C39H53O5P. The van der Waals surface area contributed by atoms with E-state index in [-0.39, 0.29) is 17.3 Å². The number of allylic oxidation sites excluding steroid dienone is 2. The molecule has 1 aliphatic heterocycles. The Morgan fingerprint density at radius 2 is 1.49 bits per heavy atom. The van der Waals surface area contributed by atoms with Crippen LogP contribution in [0.25, 0.3) is 0 Å². The predicted molar refractivity (Wildman–Crippen MR) is 180 cm³/mol. The second kappa shape index (κ2) is 13.2. The van der Waals surface area contributed by atoms with Crippen molar-refractivity contribution in [2.24, 2.45) is 52.3 Å². The number of fused-ring (bicyclic) bond motifs is 5. The first-order valence-corrected chi connectivity index (χ1v) is 18.9. The van der Waals surface area contributed by atoms with Gasteiger partial charge in [-0.25, -0.2) is 0 Å². The largest absolute Gasteiger partial charge is 0.649 e. The fourth-order valence-electron chi connectivity index (χ4n) is 9.85. The molecule has 0 saturated heterocycles. The van der Waals surface area contributed by atoms with Gasteiger partial charge in [0, 0.05) is 6.08 Å². The first-order valence-electron chi connectivity index (χ1n) is 17.4. The van der Waals surface area contributed by atoms with Gasteiger partial charge in [-0.1, -0.05) is 90.3 Å². The third-order valence-electron chi connectivity index (χ3n) is 12.1. The van der Waals surface area contributed by atoms with Gasteiger partial charge in [-0.15, -0.1) is 0 Å². The number of phosphoric ester groups is 1. The molecule has 0 spiro atoms. The van der Waals surface area contributed by atoms with Gasteiger partial charge in [0.15, 0.2) is 0 Å². The fraction of sp³-hybridized carbons (Fsp3) is 0.590. The highest BCUT2D eigenvalue weighted by molar-refractivity contribution is 7.49.